The van der Waals surface area contributed by atoms with Crippen molar-refractivity contribution in [2.45, 2.75) is 38.4 Å². The molecule has 18 heavy (non-hydrogen) atoms. The molecule has 0 spiro atoms. The Labute approximate surface area is 114 Å². The predicted octanol–water partition coefficient (Wildman–Crippen LogP) is 1.88. The molecule has 2 fully saturated rings. The second kappa shape index (κ2) is 5.70. The Morgan fingerprint density at radius 2 is 1.94 bits per heavy atom. The Morgan fingerprint density at radius 3 is 2.67 bits per heavy atom. The van der Waals surface area contributed by atoms with Crippen LogP contribution in [0.1, 0.15) is 29.0 Å². The molecule has 1 aromatic heterocycles. The average molecular weight is 265 g/mol. The van der Waals surface area contributed by atoms with Crippen LogP contribution in [0.2, 0.25) is 0 Å². The van der Waals surface area contributed by atoms with Gasteiger partial charge in [-0.25, -0.2) is 0 Å². The standard InChI is InChI=1S/C14H23N3S/c15-9-13-3-4-14(18-13)11-16-8-5-12(10-16)17-6-1-2-7-17/h3-4,12H,1-2,5-11,15H2. The van der Waals surface area contributed by atoms with Crippen molar-refractivity contribution in [3.8, 4) is 0 Å². The lowest BCUT2D eigenvalue weighted by Crippen LogP contribution is -2.35. The summed E-state index contributed by atoms with van der Waals surface area (Å²) in [6.07, 6.45) is 4.16. The first kappa shape index (κ1) is 12.6. The van der Waals surface area contributed by atoms with E-state index in [0.29, 0.717) is 6.54 Å². The van der Waals surface area contributed by atoms with Gasteiger partial charge in [0, 0.05) is 42.0 Å². The van der Waals surface area contributed by atoms with Crippen LogP contribution in [0.5, 0.6) is 0 Å². The third kappa shape index (κ3) is 2.77. The normalized spacial score (nSPS) is 26.2. The van der Waals surface area contributed by atoms with Crippen molar-refractivity contribution in [1.29, 1.82) is 0 Å². The maximum atomic E-state index is 5.67. The largest absolute Gasteiger partial charge is 0.326 e. The van der Waals surface area contributed by atoms with E-state index in [2.05, 4.69) is 21.9 Å². The highest BCUT2D eigenvalue weighted by Crippen LogP contribution is 2.24. The van der Waals surface area contributed by atoms with Gasteiger partial charge in [-0.1, -0.05) is 0 Å². The summed E-state index contributed by atoms with van der Waals surface area (Å²) in [5, 5.41) is 0. The quantitative estimate of drug-likeness (QED) is 0.902. The number of thiophene rings is 1. The highest BCUT2D eigenvalue weighted by molar-refractivity contribution is 7.11. The van der Waals surface area contributed by atoms with Gasteiger partial charge in [-0.3, -0.25) is 9.80 Å². The van der Waals surface area contributed by atoms with E-state index >= 15 is 0 Å². The summed E-state index contributed by atoms with van der Waals surface area (Å²) in [5.74, 6) is 0. The topological polar surface area (TPSA) is 32.5 Å². The van der Waals surface area contributed by atoms with Crippen molar-refractivity contribution in [3.05, 3.63) is 21.9 Å². The van der Waals surface area contributed by atoms with Gasteiger partial charge in [-0.15, -0.1) is 11.3 Å². The van der Waals surface area contributed by atoms with Crippen molar-refractivity contribution in [2.75, 3.05) is 26.2 Å². The second-order valence-corrected chi connectivity index (χ2v) is 6.75. The molecule has 3 rings (SSSR count). The fraction of sp³-hybridized carbons (Fsp3) is 0.714. The molecule has 2 aliphatic heterocycles. The lowest BCUT2D eigenvalue weighted by atomic mass is 10.2. The zero-order valence-electron chi connectivity index (χ0n) is 11.0. The Balaban J connectivity index is 1.52. The molecule has 4 heteroatoms. The zero-order chi connectivity index (χ0) is 12.4. The van der Waals surface area contributed by atoms with E-state index in [-0.39, 0.29) is 0 Å². The molecule has 1 unspecified atom stereocenters. The van der Waals surface area contributed by atoms with Crippen LogP contribution in [-0.4, -0.2) is 42.0 Å². The van der Waals surface area contributed by atoms with Crippen LogP contribution in [0.4, 0.5) is 0 Å². The number of rotatable bonds is 4. The maximum absolute atomic E-state index is 5.67. The number of hydrogen-bond acceptors (Lipinski definition) is 4. The minimum atomic E-state index is 0.682. The SMILES string of the molecule is NCc1ccc(CN2CCC(N3CCCC3)C2)s1. The molecule has 0 aromatic carbocycles. The number of nitrogens with zero attached hydrogens (tertiary/aromatic N) is 2. The molecular weight excluding hydrogens is 242 g/mol. The summed E-state index contributed by atoms with van der Waals surface area (Å²) < 4.78 is 0. The first-order chi connectivity index (χ1) is 8.85. The minimum absolute atomic E-state index is 0.682. The first-order valence-electron chi connectivity index (χ1n) is 7.09. The van der Waals surface area contributed by atoms with Gasteiger partial charge < -0.3 is 5.73 Å². The monoisotopic (exact) mass is 265 g/mol. The molecule has 100 valence electrons. The third-order valence-electron chi connectivity index (χ3n) is 4.20. The molecule has 0 bridgehead atoms. The fourth-order valence-electron chi connectivity index (χ4n) is 3.20. The van der Waals surface area contributed by atoms with E-state index in [4.69, 9.17) is 5.73 Å². The van der Waals surface area contributed by atoms with Crippen molar-refractivity contribution in [2.24, 2.45) is 5.73 Å². The van der Waals surface area contributed by atoms with Gasteiger partial charge in [0.25, 0.3) is 0 Å². The first-order valence-corrected chi connectivity index (χ1v) is 7.91. The Morgan fingerprint density at radius 1 is 1.17 bits per heavy atom. The van der Waals surface area contributed by atoms with Crippen LogP contribution in [0.25, 0.3) is 0 Å². The molecule has 2 aliphatic rings. The minimum Gasteiger partial charge on any atom is -0.326 e. The number of hydrogen-bond donors (Lipinski definition) is 1. The van der Waals surface area contributed by atoms with Crippen LogP contribution >= 0.6 is 11.3 Å². The molecule has 1 aromatic rings. The summed E-state index contributed by atoms with van der Waals surface area (Å²) in [5.41, 5.74) is 5.67. The predicted molar refractivity (Wildman–Crippen MR) is 76.7 cm³/mol. The number of likely N-dealkylation sites (tertiary alicyclic amines) is 2. The van der Waals surface area contributed by atoms with Crippen LogP contribution in [0.3, 0.4) is 0 Å². The van der Waals surface area contributed by atoms with Crippen LogP contribution in [-0.2, 0) is 13.1 Å². The van der Waals surface area contributed by atoms with Crippen molar-refractivity contribution >= 4 is 11.3 Å². The third-order valence-corrected chi connectivity index (χ3v) is 5.29. The van der Waals surface area contributed by atoms with Gasteiger partial charge in [0.05, 0.1) is 0 Å². The smallest absolute Gasteiger partial charge is 0.0328 e. The van der Waals surface area contributed by atoms with Gasteiger partial charge >= 0.3 is 0 Å². The van der Waals surface area contributed by atoms with Gasteiger partial charge in [0.15, 0.2) is 0 Å². The zero-order valence-corrected chi connectivity index (χ0v) is 11.8. The summed E-state index contributed by atoms with van der Waals surface area (Å²) in [6.45, 7) is 6.98. The van der Waals surface area contributed by atoms with Gasteiger partial charge in [-0.2, -0.15) is 0 Å². The highest BCUT2D eigenvalue weighted by Gasteiger charge is 2.29. The molecular formula is C14H23N3S. The van der Waals surface area contributed by atoms with E-state index in [9.17, 15) is 0 Å². The Bertz CT molecular complexity index is 384. The molecule has 0 saturated carbocycles. The Kier molecular flexibility index (Phi) is 3.99. The van der Waals surface area contributed by atoms with E-state index in [1.807, 2.05) is 11.3 Å². The summed E-state index contributed by atoms with van der Waals surface area (Å²) in [7, 11) is 0. The lowest BCUT2D eigenvalue weighted by Gasteiger charge is -2.23. The summed E-state index contributed by atoms with van der Waals surface area (Å²) >= 11 is 1.87. The van der Waals surface area contributed by atoms with Gasteiger partial charge in [0.1, 0.15) is 0 Å². The lowest BCUT2D eigenvalue weighted by molar-refractivity contribution is 0.230. The molecule has 3 heterocycles. The molecule has 2 N–H and O–H groups in total. The van der Waals surface area contributed by atoms with Crippen LogP contribution in [0.15, 0.2) is 12.1 Å². The van der Waals surface area contributed by atoms with Crippen molar-refractivity contribution in [3.63, 3.8) is 0 Å². The molecule has 0 aliphatic carbocycles. The molecule has 0 amide bonds. The summed E-state index contributed by atoms with van der Waals surface area (Å²) in [6, 6.07) is 5.24. The van der Waals surface area contributed by atoms with Crippen LogP contribution in [0, 0.1) is 0 Å². The fourth-order valence-corrected chi connectivity index (χ4v) is 4.14. The average Bonchev–Trinajstić information content (AvgIpc) is 3.10. The molecule has 1 atom stereocenters. The number of nitrogens with two attached hydrogens (primary N) is 1. The van der Waals surface area contributed by atoms with E-state index in [1.54, 1.807) is 0 Å². The van der Waals surface area contributed by atoms with Crippen LogP contribution < -0.4 is 5.73 Å². The van der Waals surface area contributed by atoms with Gasteiger partial charge in [0.2, 0.25) is 0 Å². The molecule has 3 nitrogen and oxygen atoms in total. The second-order valence-electron chi connectivity index (χ2n) is 5.49. The van der Waals surface area contributed by atoms with Crippen molar-refractivity contribution in [1.82, 2.24) is 9.80 Å². The van der Waals surface area contributed by atoms with E-state index < -0.39 is 0 Å². The van der Waals surface area contributed by atoms with Gasteiger partial charge in [-0.05, 0) is 44.5 Å². The van der Waals surface area contributed by atoms with E-state index in [1.165, 1.54) is 55.2 Å². The Hall–Kier alpha value is -0.420. The highest BCUT2D eigenvalue weighted by atomic mass is 32.1. The summed E-state index contributed by atoms with van der Waals surface area (Å²) in [4.78, 5) is 8.08. The molecule has 0 radical (unpaired) electrons. The van der Waals surface area contributed by atoms with E-state index in [0.717, 1.165) is 12.6 Å². The maximum Gasteiger partial charge on any atom is 0.0328 e. The van der Waals surface area contributed by atoms with Crippen molar-refractivity contribution < 1.29 is 0 Å². The molecule has 2 saturated heterocycles.